The summed E-state index contributed by atoms with van der Waals surface area (Å²) in [6.07, 6.45) is 3.53. The first kappa shape index (κ1) is 11.8. The van der Waals surface area contributed by atoms with Gasteiger partial charge in [-0.3, -0.25) is 4.99 Å². The summed E-state index contributed by atoms with van der Waals surface area (Å²) in [6, 6.07) is 0. The quantitative estimate of drug-likeness (QED) is 0.830. The lowest BCUT2D eigenvalue weighted by atomic mass is 10.1. The fourth-order valence-corrected chi connectivity index (χ4v) is 5.54. The van der Waals surface area contributed by atoms with E-state index in [4.69, 9.17) is 0 Å². The van der Waals surface area contributed by atoms with Gasteiger partial charge in [0.1, 0.15) is 0 Å². The maximum Gasteiger partial charge on any atom is 0.156 e. The van der Waals surface area contributed by atoms with Gasteiger partial charge >= 0.3 is 0 Å². The van der Waals surface area contributed by atoms with Crippen LogP contribution in [0.3, 0.4) is 0 Å². The summed E-state index contributed by atoms with van der Waals surface area (Å²) in [5, 5.41) is 5.04. The zero-order valence-electron chi connectivity index (χ0n) is 9.76. The minimum atomic E-state index is -2.74. The van der Waals surface area contributed by atoms with Crippen LogP contribution in [0.4, 0.5) is 0 Å². The van der Waals surface area contributed by atoms with Crippen molar-refractivity contribution in [3.63, 3.8) is 0 Å². The van der Waals surface area contributed by atoms with Crippen molar-refractivity contribution in [2.75, 3.05) is 24.6 Å². The van der Waals surface area contributed by atoms with Gasteiger partial charge in [0, 0.05) is 11.8 Å². The highest BCUT2D eigenvalue weighted by Gasteiger charge is 2.35. The molecule has 17 heavy (non-hydrogen) atoms. The smallest absolute Gasteiger partial charge is 0.156 e. The Morgan fingerprint density at radius 1 is 1.35 bits per heavy atom. The molecular weight excluding hydrogens is 256 g/mol. The molecule has 2 fully saturated rings. The van der Waals surface area contributed by atoms with E-state index in [1.807, 2.05) is 11.8 Å². The molecule has 0 spiro atoms. The van der Waals surface area contributed by atoms with Gasteiger partial charge in [-0.1, -0.05) is 11.8 Å². The second kappa shape index (κ2) is 4.46. The van der Waals surface area contributed by atoms with Gasteiger partial charge < -0.3 is 5.32 Å². The average Bonchev–Trinajstić information content (AvgIpc) is 2.92. The van der Waals surface area contributed by atoms with E-state index in [1.54, 1.807) is 0 Å². The second-order valence-corrected chi connectivity index (χ2v) is 8.75. The Labute approximate surface area is 107 Å². The monoisotopic (exact) mass is 274 g/mol. The molecule has 6 heteroatoms. The topological polar surface area (TPSA) is 58.5 Å². The summed E-state index contributed by atoms with van der Waals surface area (Å²) < 4.78 is 22.6. The van der Waals surface area contributed by atoms with E-state index in [-0.39, 0.29) is 5.92 Å². The van der Waals surface area contributed by atoms with Crippen LogP contribution in [0.1, 0.15) is 19.3 Å². The number of aliphatic imine (C=N–C) groups is 1. The first-order valence-corrected chi connectivity index (χ1v) is 8.98. The maximum atomic E-state index is 11.3. The number of hydrogen-bond donors (Lipinski definition) is 1. The molecule has 0 amide bonds. The number of sulfone groups is 1. The van der Waals surface area contributed by atoms with E-state index in [9.17, 15) is 8.42 Å². The molecule has 3 rings (SSSR count). The van der Waals surface area contributed by atoms with Crippen molar-refractivity contribution in [1.82, 2.24) is 5.32 Å². The number of thioether (sulfide) groups is 1. The highest BCUT2D eigenvalue weighted by atomic mass is 32.2. The Morgan fingerprint density at radius 3 is 2.82 bits per heavy atom. The third-order valence-electron chi connectivity index (χ3n) is 3.69. The molecule has 1 saturated heterocycles. The Balaban J connectivity index is 1.43. The summed E-state index contributed by atoms with van der Waals surface area (Å²) in [4.78, 5) is 4.49. The zero-order valence-corrected chi connectivity index (χ0v) is 11.4. The molecule has 2 aliphatic heterocycles. The van der Waals surface area contributed by atoms with E-state index in [2.05, 4.69) is 10.3 Å². The van der Waals surface area contributed by atoms with Gasteiger partial charge in [-0.25, -0.2) is 8.42 Å². The van der Waals surface area contributed by atoms with E-state index < -0.39 is 9.84 Å². The van der Waals surface area contributed by atoms with Crippen LogP contribution in [0.25, 0.3) is 0 Å². The molecule has 96 valence electrons. The Kier molecular flexibility index (Phi) is 3.11. The lowest BCUT2D eigenvalue weighted by Crippen LogP contribution is -2.27. The van der Waals surface area contributed by atoms with Gasteiger partial charge in [-0.15, -0.1) is 0 Å². The van der Waals surface area contributed by atoms with Crippen LogP contribution < -0.4 is 5.32 Å². The van der Waals surface area contributed by atoms with Crippen molar-refractivity contribution in [1.29, 1.82) is 0 Å². The molecule has 3 aliphatic rings. The first-order chi connectivity index (χ1) is 8.12. The number of rotatable bonds is 3. The van der Waals surface area contributed by atoms with E-state index >= 15 is 0 Å². The average molecular weight is 274 g/mol. The minimum Gasteiger partial charge on any atom is -0.365 e. The zero-order chi connectivity index (χ0) is 11.9. The molecule has 0 aromatic rings. The first-order valence-electron chi connectivity index (χ1n) is 6.28. The summed E-state index contributed by atoms with van der Waals surface area (Å²) in [5.41, 5.74) is 0. The Hall–Kier alpha value is -0.230. The minimum absolute atomic E-state index is 0.281. The van der Waals surface area contributed by atoms with Crippen LogP contribution in [0.5, 0.6) is 0 Å². The fraction of sp³-hybridized carbons (Fsp3) is 0.909. The van der Waals surface area contributed by atoms with Gasteiger partial charge in [0.2, 0.25) is 0 Å². The van der Waals surface area contributed by atoms with Crippen LogP contribution >= 0.6 is 11.8 Å². The Morgan fingerprint density at radius 2 is 2.18 bits per heavy atom. The lowest BCUT2D eigenvalue weighted by Gasteiger charge is -2.11. The van der Waals surface area contributed by atoms with Crippen molar-refractivity contribution in [3.05, 3.63) is 0 Å². The molecule has 1 aliphatic carbocycles. The number of amidine groups is 1. The molecular formula is C11H18N2O2S2. The Bertz CT molecular complexity index is 429. The highest BCUT2D eigenvalue weighted by Crippen LogP contribution is 2.41. The van der Waals surface area contributed by atoms with Crippen molar-refractivity contribution < 1.29 is 8.42 Å². The largest absolute Gasteiger partial charge is 0.365 e. The molecule has 0 aromatic heterocycles. The second-order valence-electron chi connectivity index (χ2n) is 5.29. The van der Waals surface area contributed by atoms with Gasteiger partial charge in [-0.05, 0) is 31.1 Å². The van der Waals surface area contributed by atoms with Crippen LogP contribution in [-0.2, 0) is 9.84 Å². The summed E-state index contributed by atoms with van der Waals surface area (Å²) >= 11 is 1.85. The van der Waals surface area contributed by atoms with Crippen molar-refractivity contribution in [2.45, 2.75) is 24.5 Å². The molecule has 0 radical (unpaired) electrons. The van der Waals surface area contributed by atoms with Crippen LogP contribution in [0.2, 0.25) is 0 Å². The molecule has 2 unspecified atom stereocenters. The molecule has 2 heterocycles. The summed E-state index contributed by atoms with van der Waals surface area (Å²) in [7, 11) is -2.74. The number of nitrogens with one attached hydrogen (secondary N) is 1. The van der Waals surface area contributed by atoms with Gasteiger partial charge in [0.05, 0.1) is 18.1 Å². The molecule has 0 aromatic carbocycles. The van der Waals surface area contributed by atoms with Crippen molar-refractivity contribution in [2.24, 2.45) is 16.8 Å². The number of hydrogen-bond acceptors (Lipinski definition) is 5. The third kappa shape index (κ3) is 2.96. The SMILES string of the molecule is O=S1(=O)CCC(CNC2=NCC(C3CC3)S2)C1. The van der Waals surface area contributed by atoms with Gasteiger partial charge in [-0.2, -0.15) is 0 Å². The standard InChI is InChI=1S/C11H18N2O2S2/c14-17(15)4-3-8(7-17)5-12-11-13-6-10(16-11)9-1-2-9/h8-10H,1-7H2,(H,12,13). The molecule has 4 nitrogen and oxygen atoms in total. The fourth-order valence-electron chi connectivity index (χ4n) is 2.47. The molecule has 0 bridgehead atoms. The lowest BCUT2D eigenvalue weighted by molar-refractivity contribution is 0.574. The normalized spacial score (nSPS) is 35.9. The molecule has 1 N–H and O–H groups in total. The molecule has 2 atom stereocenters. The molecule has 1 saturated carbocycles. The predicted octanol–water partition coefficient (Wildman–Crippen LogP) is 0.892. The van der Waals surface area contributed by atoms with Crippen LogP contribution in [0.15, 0.2) is 4.99 Å². The van der Waals surface area contributed by atoms with E-state index in [0.717, 1.165) is 30.6 Å². The van der Waals surface area contributed by atoms with Crippen LogP contribution in [-0.4, -0.2) is 43.4 Å². The predicted molar refractivity (Wildman–Crippen MR) is 71.2 cm³/mol. The van der Waals surface area contributed by atoms with Gasteiger partial charge in [0.15, 0.2) is 15.0 Å². The van der Waals surface area contributed by atoms with Crippen LogP contribution in [0, 0.1) is 11.8 Å². The van der Waals surface area contributed by atoms with E-state index in [1.165, 1.54) is 12.8 Å². The summed E-state index contributed by atoms with van der Waals surface area (Å²) in [5.74, 6) is 1.88. The summed E-state index contributed by atoms with van der Waals surface area (Å²) in [6.45, 7) is 1.71. The highest BCUT2D eigenvalue weighted by molar-refractivity contribution is 8.14. The van der Waals surface area contributed by atoms with Crippen molar-refractivity contribution in [3.8, 4) is 0 Å². The number of nitrogens with zero attached hydrogens (tertiary/aromatic N) is 1. The maximum absolute atomic E-state index is 11.3. The van der Waals surface area contributed by atoms with E-state index in [0.29, 0.717) is 16.8 Å². The third-order valence-corrected chi connectivity index (χ3v) is 6.86. The van der Waals surface area contributed by atoms with Gasteiger partial charge in [0.25, 0.3) is 0 Å². The van der Waals surface area contributed by atoms with Crippen molar-refractivity contribution >= 4 is 26.8 Å².